The highest BCUT2D eigenvalue weighted by Crippen LogP contribution is 2.25. The molecule has 5 nitrogen and oxygen atoms in total. The van der Waals surface area contributed by atoms with Crippen LogP contribution in [0.25, 0.3) is 0 Å². The van der Waals surface area contributed by atoms with E-state index in [0.29, 0.717) is 5.95 Å². The third-order valence-corrected chi connectivity index (χ3v) is 2.82. The number of hydrogen-bond donors (Lipinski definition) is 2. The number of anilines is 3. The van der Waals surface area contributed by atoms with E-state index in [-0.39, 0.29) is 11.2 Å². The van der Waals surface area contributed by atoms with Crippen LogP contribution in [0.1, 0.15) is 5.56 Å². The molecule has 2 rings (SSSR count). The van der Waals surface area contributed by atoms with Gasteiger partial charge in [0, 0.05) is 4.47 Å². The molecule has 0 fully saturated rings. The molecule has 3 N–H and O–H groups in total. The molecule has 0 aliphatic heterocycles. The van der Waals surface area contributed by atoms with Gasteiger partial charge in [-0.2, -0.15) is 15.0 Å². The first-order chi connectivity index (χ1) is 8.04. The summed E-state index contributed by atoms with van der Waals surface area (Å²) in [5.74, 6) is 0.391. The molecule has 88 valence electrons. The first-order valence-electron chi connectivity index (χ1n) is 4.75. The van der Waals surface area contributed by atoms with Gasteiger partial charge in [-0.15, -0.1) is 0 Å². The van der Waals surface area contributed by atoms with E-state index in [0.717, 1.165) is 15.7 Å². The van der Waals surface area contributed by atoms with E-state index in [1.807, 2.05) is 25.1 Å². The van der Waals surface area contributed by atoms with Crippen molar-refractivity contribution in [2.45, 2.75) is 6.92 Å². The smallest absolute Gasteiger partial charge is 0.233 e. The van der Waals surface area contributed by atoms with Crippen LogP contribution in [-0.2, 0) is 0 Å². The maximum Gasteiger partial charge on any atom is 0.233 e. The number of nitrogens with one attached hydrogen (secondary N) is 1. The lowest BCUT2D eigenvalue weighted by Crippen LogP contribution is -2.03. The van der Waals surface area contributed by atoms with Gasteiger partial charge in [0.25, 0.3) is 0 Å². The van der Waals surface area contributed by atoms with Gasteiger partial charge in [-0.1, -0.05) is 6.07 Å². The van der Waals surface area contributed by atoms with Crippen LogP contribution in [0.3, 0.4) is 0 Å². The Hall–Kier alpha value is -1.40. The Kier molecular flexibility index (Phi) is 3.44. The Morgan fingerprint density at radius 1 is 1.29 bits per heavy atom. The number of nitrogens with zero attached hydrogens (tertiary/aromatic N) is 3. The van der Waals surface area contributed by atoms with E-state index in [1.54, 1.807) is 0 Å². The van der Waals surface area contributed by atoms with E-state index in [9.17, 15) is 0 Å². The molecular weight excluding hydrogens is 306 g/mol. The summed E-state index contributed by atoms with van der Waals surface area (Å²) in [4.78, 5) is 11.5. The average Bonchev–Trinajstić information content (AvgIpc) is 2.21. The molecule has 17 heavy (non-hydrogen) atoms. The third-order valence-electron chi connectivity index (χ3n) is 2.00. The summed E-state index contributed by atoms with van der Waals surface area (Å²) in [5.41, 5.74) is 7.46. The minimum absolute atomic E-state index is 0.0586. The van der Waals surface area contributed by atoms with Gasteiger partial charge in [-0.25, -0.2) is 0 Å². The van der Waals surface area contributed by atoms with Gasteiger partial charge >= 0.3 is 0 Å². The first-order valence-corrected chi connectivity index (χ1v) is 5.92. The van der Waals surface area contributed by atoms with Crippen molar-refractivity contribution in [2.24, 2.45) is 0 Å². The SMILES string of the molecule is Cc1ccc(Nc2nc(N)nc(Cl)n2)c(Br)c1. The van der Waals surface area contributed by atoms with Gasteiger partial charge in [-0.3, -0.25) is 0 Å². The monoisotopic (exact) mass is 313 g/mol. The molecule has 0 amide bonds. The molecule has 0 aliphatic carbocycles. The largest absolute Gasteiger partial charge is 0.368 e. The van der Waals surface area contributed by atoms with Crippen LogP contribution in [-0.4, -0.2) is 15.0 Å². The fraction of sp³-hybridized carbons (Fsp3) is 0.100. The summed E-state index contributed by atoms with van der Waals surface area (Å²) in [6, 6.07) is 5.86. The second-order valence-electron chi connectivity index (χ2n) is 3.39. The fourth-order valence-corrected chi connectivity index (χ4v) is 2.02. The Balaban J connectivity index is 2.31. The predicted octanol–water partition coefficient (Wildman–Crippen LogP) is 2.92. The number of hydrogen-bond acceptors (Lipinski definition) is 5. The van der Waals surface area contributed by atoms with Crippen LogP contribution in [0.2, 0.25) is 5.28 Å². The lowest BCUT2D eigenvalue weighted by molar-refractivity contribution is 1.07. The second-order valence-corrected chi connectivity index (χ2v) is 4.59. The van der Waals surface area contributed by atoms with E-state index >= 15 is 0 Å². The summed E-state index contributed by atoms with van der Waals surface area (Å²) in [6.07, 6.45) is 0. The molecule has 1 heterocycles. The molecule has 1 aromatic carbocycles. The van der Waals surface area contributed by atoms with Crippen LogP contribution in [0.15, 0.2) is 22.7 Å². The Morgan fingerprint density at radius 2 is 2.06 bits per heavy atom. The number of halogens is 2. The van der Waals surface area contributed by atoms with Gasteiger partial charge in [0.05, 0.1) is 5.69 Å². The summed E-state index contributed by atoms with van der Waals surface area (Å²) >= 11 is 9.13. The van der Waals surface area contributed by atoms with Crippen molar-refractivity contribution in [2.75, 3.05) is 11.1 Å². The van der Waals surface area contributed by atoms with Crippen molar-refractivity contribution in [3.8, 4) is 0 Å². The minimum Gasteiger partial charge on any atom is -0.368 e. The van der Waals surface area contributed by atoms with Crippen molar-refractivity contribution < 1.29 is 0 Å². The number of aromatic nitrogens is 3. The first kappa shape index (κ1) is 12.1. The zero-order valence-corrected chi connectivity index (χ0v) is 11.2. The van der Waals surface area contributed by atoms with Crippen LogP contribution in [0.5, 0.6) is 0 Å². The van der Waals surface area contributed by atoms with Crippen LogP contribution < -0.4 is 11.1 Å². The van der Waals surface area contributed by atoms with Crippen molar-refractivity contribution in [3.63, 3.8) is 0 Å². The van der Waals surface area contributed by atoms with Gasteiger partial charge in [0.1, 0.15) is 0 Å². The summed E-state index contributed by atoms with van der Waals surface area (Å²) < 4.78 is 0.910. The molecule has 2 aromatic rings. The number of benzene rings is 1. The zero-order valence-electron chi connectivity index (χ0n) is 8.91. The van der Waals surface area contributed by atoms with Crippen LogP contribution >= 0.6 is 27.5 Å². The van der Waals surface area contributed by atoms with E-state index < -0.39 is 0 Å². The maximum atomic E-state index is 5.69. The molecule has 0 spiro atoms. The standard InChI is InChI=1S/C10H9BrClN5/c1-5-2-3-7(6(11)4-5)14-10-16-8(12)15-9(13)17-10/h2-4H,1H3,(H3,13,14,15,16,17). The van der Waals surface area contributed by atoms with Crippen molar-refractivity contribution in [3.05, 3.63) is 33.5 Å². The van der Waals surface area contributed by atoms with Crippen LogP contribution in [0, 0.1) is 6.92 Å². The minimum atomic E-state index is 0.0586. The molecule has 0 aliphatic rings. The molecule has 0 bridgehead atoms. The van der Waals surface area contributed by atoms with Crippen molar-refractivity contribution in [1.82, 2.24) is 15.0 Å². The number of aryl methyl sites for hydroxylation is 1. The molecule has 1 aromatic heterocycles. The van der Waals surface area contributed by atoms with Crippen molar-refractivity contribution >= 4 is 45.1 Å². The highest BCUT2D eigenvalue weighted by Gasteiger charge is 2.05. The molecule has 0 saturated carbocycles. The molecular formula is C10H9BrClN5. The van der Waals surface area contributed by atoms with Gasteiger partial charge < -0.3 is 11.1 Å². The predicted molar refractivity (Wildman–Crippen MR) is 71.4 cm³/mol. The summed E-state index contributed by atoms with van der Waals surface area (Å²) in [7, 11) is 0. The molecule has 0 atom stereocenters. The molecule has 0 saturated heterocycles. The fourth-order valence-electron chi connectivity index (χ4n) is 1.26. The van der Waals surface area contributed by atoms with Gasteiger partial charge in [0.15, 0.2) is 0 Å². The number of nitrogen functional groups attached to an aromatic ring is 1. The second kappa shape index (κ2) is 4.85. The van der Waals surface area contributed by atoms with Crippen LogP contribution in [0.4, 0.5) is 17.6 Å². The highest BCUT2D eigenvalue weighted by atomic mass is 79.9. The lowest BCUT2D eigenvalue weighted by Gasteiger charge is -2.07. The van der Waals surface area contributed by atoms with Crippen molar-refractivity contribution in [1.29, 1.82) is 0 Å². The third kappa shape index (κ3) is 3.04. The highest BCUT2D eigenvalue weighted by molar-refractivity contribution is 9.10. The molecule has 0 unspecified atom stereocenters. The van der Waals surface area contributed by atoms with E-state index in [1.165, 1.54) is 0 Å². The Morgan fingerprint density at radius 3 is 2.71 bits per heavy atom. The maximum absolute atomic E-state index is 5.69. The summed E-state index contributed by atoms with van der Waals surface area (Å²) in [5, 5.41) is 3.07. The molecule has 0 radical (unpaired) electrons. The van der Waals surface area contributed by atoms with E-state index in [4.69, 9.17) is 17.3 Å². The number of nitrogens with two attached hydrogens (primary N) is 1. The van der Waals surface area contributed by atoms with Gasteiger partial charge in [0.2, 0.25) is 17.2 Å². The lowest BCUT2D eigenvalue weighted by atomic mass is 10.2. The topological polar surface area (TPSA) is 76.7 Å². The Bertz CT molecular complexity index is 540. The molecule has 7 heteroatoms. The van der Waals surface area contributed by atoms with E-state index in [2.05, 4.69) is 36.2 Å². The average molecular weight is 315 g/mol. The summed E-state index contributed by atoms with van der Waals surface area (Å²) in [6.45, 7) is 2.01. The van der Waals surface area contributed by atoms with Gasteiger partial charge in [-0.05, 0) is 52.2 Å². The number of rotatable bonds is 2. The zero-order chi connectivity index (χ0) is 12.4. The quantitative estimate of drug-likeness (QED) is 0.891. The normalized spacial score (nSPS) is 10.3. The Labute approximate surface area is 112 Å².